The summed E-state index contributed by atoms with van der Waals surface area (Å²) >= 11 is 3.33. The van der Waals surface area contributed by atoms with Crippen molar-refractivity contribution in [3.05, 3.63) is 33.5 Å². The molecule has 2 nitrogen and oxygen atoms in total. The van der Waals surface area contributed by atoms with Crippen LogP contribution >= 0.6 is 15.9 Å². The second kappa shape index (κ2) is 5.46. The van der Waals surface area contributed by atoms with Crippen LogP contribution in [0.15, 0.2) is 16.6 Å². The third kappa shape index (κ3) is 2.87. The van der Waals surface area contributed by atoms with Gasteiger partial charge in [-0.15, -0.1) is 0 Å². The minimum absolute atomic E-state index is 0.117. The third-order valence-corrected chi connectivity index (χ3v) is 3.74. The van der Waals surface area contributed by atoms with Crippen molar-refractivity contribution in [1.29, 1.82) is 0 Å². The maximum absolute atomic E-state index is 13.7. The summed E-state index contributed by atoms with van der Waals surface area (Å²) in [6.07, 6.45) is 1.72. The van der Waals surface area contributed by atoms with Gasteiger partial charge in [-0.25, -0.2) is 4.39 Å². The molecule has 0 saturated carbocycles. The van der Waals surface area contributed by atoms with Gasteiger partial charge < -0.3 is 10.4 Å². The van der Waals surface area contributed by atoms with Crippen molar-refractivity contribution in [3.8, 4) is 0 Å². The van der Waals surface area contributed by atoms with Gasteiger partial charge in [0.25, 0.3) is 0 Å². The molecule has 0 aromatic heterocycles. The first-order chi connectivity index (χ1) is 8.11. The Bertz CT molecular complexity index is 411. The van der Waals surface area contributed by atoms with Crippen molar-refractivity contribution < 1.29 is 9.50 Å². The van der Waals surface area contributed by atoms with Crippen LogP contribution in [0.1, 0.15) is 30.5 Å². The average Bonchev–Trinajstić information content (AvgIpc) is 2.69. The summed E-state index contributed by atoms with van der Waals surface area (Å²) < 4.78 is 14.5. The maximum Gasteiger partial charge on any atom is 0.127 e. The molecule has 0 fully saturated rings. The quantitative estimate of drug-likeness (QED) is 0.896. The maximum atomic E-state index is 13.7. The fourth-order valence-electron chi connectivity index (χ4n) is 2.26. The normalized spacial score (nSPS) is 20.4. The molecule has 0 radical (unpaired) electrons. The van der Waals surface area contributed by atoms with Crippen LogP contribution in [0, 0.1) is 11.7 Å². The van der Waals surface area contributed by atoms with Gasteiger partial charge in [0.2, 0.25) is 0 Å². The molecule has 0 heterocycles. The molecule has 2 atom stereocenters. The second-order valence-corrected chi connectivity index (χ2v) is 5.66. The smallest absolute Gasteiger partial charge is 0.127 e. The van der Waals surface area contributed by atoms with Gasteiger partial charge in [-0.2, -0.15) is 0 Å². The van der Waals surface area contributed by atoms with Crippen LogP contribution in [0.2, 0.25) is 0 Å². The van der Waals surface area contributed by atoms with Crippen LogP contribution in [-0.2, 0) is 6.42 Å². The number of hydrogen-bond acceptors (Lipinski definition) is 2. The molecular formula is C13H17BrFNO. The Morgan fingerprint density at radius 1 is 1.59 bits per heavy atom. The Morgan fingerprint density at radius 3 is 3.06 bits per heavy atom. The van der Waals surface area contributed by atoms with Gasteiger partial charge in [-0.05, 0) is 42.0 Å². The third-order valence-electron chi connectivity index (χ3n) is 3.28. The summed E-state index contributed by atoms with van der Waals surface area (Å²) in [5, 5.41) is 12.4. The number of aliphatic hydroxyl groups is 1. The summed E-state index contributed by atoms with van der Waals surface area (Å²) in [5.74, 6) is 0.116. The highest BCUT2D eigenvalue weighted by Gasteiger charge is 2.25. The molecule has 0 amide bonds. The topological polar surface area (TPSA) is 32.3 Å². The highest BCUT2D eigenvalue weighted by atomic mass is 79.9. The number of halogens is 2. The standard InChI is InChI=1S/C13H17BrFNO/c1-8(7-17)6-16-13-3-2-10-11(13)4-9(14)5-12(10)15/h4-5,8,13,16-17H,2-3,6-7H2,1H3. The first-order valence-electron chi connectivity index (χ1n) is 5.94. The summed E-state index contributed by atoms with van der Waals surface area (Å²) in [4.78, 5) is 0. The van der Waals surface area contributed by atoms with E-state index >= 15 is 0 Å². The number of fused-ring (bicyclic) bond motifs is 1. The lowest BCUT2D eigenvalue weighted by Crippen LogP contribution is -2.26. The van der Waals surface area contributed by atoms with Crippen LogP contribution < -0.4 is 5.32 Å². The van der Waals surface area contributed by atoms with Gasteiger partial charge in [-0.3, -0.25) is 0 Å². The molecule has 1 aromatic carbocycles. The van der Waals surface area contributed by atoms with Crippen molar-refractivity contribution in [2.45, 2.75) is 25.8 Å². The van der Waals surface area contributed by atoms with Crippen molar-refractivity contribution in [3.63, 3.8) is 0 Å². The van der Waals surface area contributed by atoms with E-state index in [1.54, 1.807) is 0 Å². The average molecular weight is 302 g/mol. The number of nitrogens with one attached hydrogen (secondary N) is 1. The minimum Gasteiger partial charge on any atom is -0.396 e. The second-order valence-electron chi connectivity index (χ2n) is 4.74. The van der Waals surface area contributed by atoms with E-state index in [0.717, 1.165) is 35.0 Å². The van der Waals surface area contributed by atoms with Gasteiger partial charge in [0.05, 0.1) is 0 Å². The molecule has 1 aliphatic rings. The van der Waals surface area contributed by atoms with E-state index in [2.05, 4.69) is 21.2 Å². The number of benzene rings is 1. The van der Waals surface area contributed by atoms with Crippen LogP contribution in [0.3, 0.4) is 0 Å². The van der Waals surface area contributed by atoms with Gasteiger partial charge in [0, 0.05) is 23.7 Å². The predicted octanol–water partition coefficient (Wildman–Crippen LogP) is 2.79. The largest absolute Gasteiger partial charge is 0.396 e. The predicted molar refractivity (Wildman–Crippen MR) is 69.4 cm³/mol. The molecule has 1 aliphatic carbocycles. The molecule has 4 heteroatoms. The zero-order chi connectivity index (χ0) is 12.4. The van der Waals surface area contributed by atoms with E-state index in [1.807, 2.05) is 13.0 Å². The monoisotopic (exact) mass is 301 g/mol. The Hall–Kier alpha value is -0.450. The lowest BCUT2D eigenvalue weighted by molar-refractivity contribution is 0.230. The Morgan fingerprint density at radius 2 is 2.35 bits per heavy atom. The van der Waals surface area contributed by atoms with Crippen molar-refractivity contribution in [1.82, 2.24) is 5.32 Å². The molecule has 0 spiro atoms. The molecule has 94 valence electrons. The Balaban J connectivity index is 2.11. The Labute approximate surface area is 109 Å². The summed E-state index contributed by atoms with van der Waals surface area (Å²) in [6.45, 7) is 2.93. The zero-order valence-corrected chi connectivity index (χ0v) is 11.4. The van der Waals surface area contributed by atoms with Gasteiger partial charge >= 0.3 is 0 Å². The SMILES string of the molecule is CC(CO)CNC1CCc2c(F)cc(Br)cc21. The first kappa shape index (κ1) is 13.0. The molecule has 2 unspecified atom stereocenters. The molecule has 0 saturated heterocycles. The van der Waals surface area contributed by atoms with Gasteiger partial charge in [-0.1, -0.05) is 22.9 Å². The number of rotatable bonds is 4. The number of hydrogen-bond donors (Lipinski definition) is 2. The summed E-state index contributed by atoms with van der Waals surface area (Å²) in [6, 6.07) is 3.73. The molecular weight excluding hydrogens is 285 g/mol. The molecule has 2 rings (SSSR count). The van der Waals surface area contributed by atoms with E-state index in [-0.39, 0.29) is 24.4 Å². The fraction of sp³-hybridized carbons (Fsp3) is 0.538. The molecule has 0 aliphatic heterocycles. The van der Waals surface area contributed by atoms with Crippen molar-refractivity contribution >= 4 is 15.9 Å². The molecule has 17 heavy (non-hydrogen) atoms. The lowest BCUT2D eigenvalue weighted by atomic mass is 10.1. The van der Waals surface area contributed by atoms with E-state index in [4.69, 9.17) is 5.11 Å². The Kier molecular flexibility index (Phi) is 4.17. The van der Waals surface area contributed by atoms with E-state index in [9.17, 15) is 4.39 Å². The first-order valence-corrected chi connectivity index (χ1v) is 6.73. The van der Waals surface area contributed by atoms with Crippen LogP contribution in [0.4, 0.5) is 4.39 Å². The van der Waals surface area contributed by atoms with Crippen LogP contribution in [-0.4, -0.2) is 18.3 Å². The van der Waals surface area contributed by atoms with Gasteiger partial charge in [0.15, 0.2) is 0 Å². The number of aliphatic hydroxyl groups excluding tert-OH is 1. The fourth-order valence-corrected chi connectivity index (χ4v) is 2.71. The molecule has 1 aromatic rings. The summed E-state index contributed by atoms with van der Waals surface area (Å²) in [5.41, 5.74) is 1.89. The molecule has 0 bridgehead atoms. The molecule has 2 N–H and O–H groups in total. The van der Waals surface area contributed by atoms with Gasteiger partial charge in [0.1, 0.15) is 5.82 Å². The van der Waals surface area contributed by atoms with Crippen molar-refractivity contribution in [2.24, 2.45) is 5.92 Å². The lowest BCUT2D eigenvalue weighted by Gasteiger charge is -2.17. The zero-order valence-electron chi connectivity index (χ0n) is 9.84. The highest BCUT2D eigenvalue weighted by molar-refractivity contribution is 9.10. The van der Waals surface area contributed by atoms with Crippen LogP contribution in [0.25, 0.3) is 0 Å². The highest BCUT2D eigenvalue weighted by Crippen LogP contribution is 2.35. The summed E-state index contributed by atoms with van der Waals surface area (Å²) in [7, 11) is 0. The van der Waals surface area contributed by atoms with E-state index in [0.29, 0.717) is 0 Å². The van der Waals surface area contributed by atoms with E-state index < -0.39 is 0 Å². The minimum atomic E-state index is -0.117. The van der Waals surface area contributed by atoms with E-state index in [1.165, 1.54) is 6.07 Å². The van der Waals surface area contributed by atoms with Crippen molar-refractivity contribution in [2.75, 3.05) is 13.2 Å². The van der Waals surface area contributed by atoms with Crippen LogP contribution in [0.5, 0.6) is 0 Å².